The molecule has 0 aromatic heterocycles. The van der Waals surface area contributed by atoms with Gasteiger partial charge in [0, 0.05) is 18.5 Å². The molecule has 0 bridgehead atoms. The van der Waals surface area contributed by atoms with Crippen molar-refractivity contribution in [3.8, 4) is 6.07 Å². The van der Waals surface area contributed by atoms with Gasteiger partial charge in [-0.15, -0.1) is 0 Å². The van der Waals surface area contributed by atoms with Gasteiger partial charge in [0.2, 0.25) is 6.41 Å². The van der Waals surface area contributed by atoms with Crippen LogP contribution in [0.5, 0.6) is 0 Å². The number of amides is 1. The second-order valence-corrected chi connectivity index (χ2v) is 4.84. The Hall–Kier alpha value is -1.08. The molecule has 90 valence electrons. The first kappa shape index (κ1) is 13.0. The zero-order chi connectivity index (χ0) is 12.0. The first-order chi connectivity index (χ1) is 7.67. The Kier molecular flexibility index (Phi) is 5.27. The highest BCUT2D eigenvalue weighted by Crippen LogP contribution is 2.17. The van der Waals surface area contributed by atoms with Crippen LogP contribution in [0.3, 0.4) is 0 Å². The number of nitriles is 1. The normalized spacial score (nSPS) is 20.4. The minimum absolute atomic E-state index is 0.219. The number of carbonyl (C=O) groups excluding carboxylic acids is 1. The summed E-state index contributed by atoms with van der Waals surface area (Å²) in [4.78, 5) is 12.8. The summed E-state index contributed by atoms with van der Waals surface area (Å²) in [6.45, 7) is 7.07. The number of rotatable bonds is 5. The van der Waals surface area contributed by atoms with Crippen molar-refractivity contribution in [3.05, 3.63) is 0 Å². The third kappa shape index (κ3) is 3.82. The molecule has 0 saturated carbocycles. The molecule has 4 nitrogen and oxygen atoms in total. The lowest BCUT2D eigenvalue weighted by atomic mass is 9.97. The summed E-state index contributed by atoms with van der Waals surface area (Å²) >= 11 is 0. The fourth-order valence-electron chi connectivity index (χ4n) is 2.07. The number of hydrogen-bond acceptors (Lipinski definition) is 3. The van der Waals surface area contributed by atoms with Gasteiger partial charge in [0.15, 0.2) is 0 Å². The van der Waals surface area contributed by atoms with Crippen molar-refractivity contribution in [1.29, 1.82) is 5.26 Å². The summed E-state index contributed by atoms with van der Waals surface area (Å²) in [6, 6.07) is 2.55. The molecule has 1 aliphatic heterocycles. The lowest BCUT2D eigenvalue weighted by Gasteiger charge is -2.33. The third-order valence-electron chi connectivity index (χ3n) is 3.31. The minimum atomic E-state index is 0.219. The summed E-state index contributed by atoms with van der Waals surface area (Å²) in [7, 11) is 0. The third-order valence-corrected chi connectivity index (χ3v) is 3.31. The molecule has 0 aliphatic carbocycles. The van der Waals surface area contributed by atoms with Gasteiger partial charge in [-0.3, -0.25) is 4.79 Å². The lowest BCUT2D eigenvalue weighted by Crippen LogP contribution is -2.46. The largest absolute Gasteiger partial charge is 0.354 e. The molecule has 4 heteroatoms. The molecular weight excluding hydrogens is 202 g/mol. The number of carbonyl (C=O) groups is 1. The number of hydrogen-bond donors (Lipinski definition) is 1. The van der Waals surface area contributed by atoms with Crippen molar-refractivity contribution >= 4 is 6.41 Å². The van der Waals surface area contributed by atoms with Crippen LogP contribution in [0.4, 0.5) is 0 Å². The molecule has 16 heavy (non-hydrogen) atoms. The Bertz CT molecular complexity index is 251. The average Bonchev–Trinajstić information content (AvgIpc) is 2.29. The molecule has 1 aliphatic rings. The van der Waals surface area contributed by atoms with Crippen molar-refractivity contribution in [2.45, 2.75) is 32.7 Å². The Morgan fingerprint density at radius 3 is 2.56 bits per heavy atom. The van der Waals surface area contributed by atoms with E-state index in [0.29, 0.717) is 5.92 Å². The molecule has 0 radical (unpaired) electrons. The Labute approximate surface area is 97.6 Å². The second kappa shape index (κ2) is 6.49. The SMILES string of the molecule is CC(C)[C@@H](CN1CCC(C#N)CC1)NC=O. The summed E-state index contributed by atoms with van der Waals surface area (Å²) in [6.07, 6.45) is 2.71. The molecule has 0 aromatic carbocycles. The maximum Gasteiger partial charge on any atom is 0.207 e. The van der Waals surface area contributed by atoms with Gasteiger partial charge in [0.25, 0.3) is 0 Å². The van der Waals surface area contributed by atoms with Gasteiger partial charge >= 0.3 is 0 Å². The van der Waals surface area contributed by atoms with E-state index >= 15 is 0 Å². The van der Waals surface area contributed by atoms with Gasteiger partial charge in [-0.05, 0) is 31.8 Å². The monoisotopic (exact) mass is 223 g/mol. The summed E-state index contributed by atoms with van der Waals surface area (Å²) < 4.78 is 0. The number of likely N-dealkylation sites (tertiary alicyclic amines) is 1. The Morgan fingerprint density at radius 1 is 1.50 bits per heavy atom. The molecule has 0 unspecified atom stereocenters. The van der Waals surface area contributed by atoms with E-state index in [-0.39, 0.29) is 12.0 Å². The maximum atomic E-state index is 10.5. The first-order valence-corrected chi connectivity index (χ1v) is 5.99. The van der Waals surface area contributed by atoms with Crippen LogP contribution in [0.15, 0.2) is 0 Å². The van der Waals surface area contributed by atoms with E-state index in [9.17, 15) is 4.79 Å². The average molecular weight is 223 g/mol. The van der Waals surface area contributed by atoms with Crippen LogP contribution in [0.2, 0.25) is 0 Å². The highest BCUT2D eigenvalue weighted by atomic mass is 16.1. The summed E-state index contributed by atoms with van der Waals surface area (Å²) in [5.74, 6) is 0.673. The highest BCUT2D eigenvalue weighted by molar-refractivity contribution is 5.46. The molecule has 1 amide bonds. The lowest BCUT2D eigenvalue weighted by molar-refractivity contribution is -0.110. The van der Waals surface area contributed by atoms with E-state index in [1.807, 2.05) is 0 Å². The zero-order valence-corrected chi connectivity index (χ0v) is 10.1. The number of piperidine rings is 1. The van der Waals surface area contributed by atoms with E-state index in [4.69, 9.17) is 5.26 Å². The van der Waals surface area contributed by atoms with Crippen molar-refractivity contribution in [2.24, 2.45) is 11.8 Å². The topological polar surface area (TPSA) is 56.1 Å². The molecule has 1 heterocycles. The first-order valence-electron chi connectivity index (χ1n) is 5.99. The summed E-state index contributed by atoms with van der Waals surface area (Å²) in [5, 5.41) is 11.7. The molecular formula is C12H21N3O. The van der Waals surface area contributed by atoms with Gasteiger partial charge in [-0.25, -0.2) is 0 Å². The number of nitrogens with zero attached hydrogens (tertiary/aromatic N) is 2. The van der Waals surface area contributed by atoms with Crippen LogP contribution in [0, 0.1) is 23.2 Å². The van der Waals surface area contributed by atoms with E-state index in [1.54, 1.807) is 0 Å². The van der Waals surface area contributed by atoms with Gasteiger partial charge in [0.05, 0.1) is 6.07 Å². The van der Waals surface area contributed by atoms with Crippen LogP contribution in [0.1, 0.15) is 26.7 Å². The smallest absolute Gasteiger partial charge is 0.207 e. The van der Waals surface area contributed by atoms with E-state index in [1.165, 1.54) is 0 Å². The fourth-order valence-corrected chi connectivity index (χ4v) is 2.07. The molecule has 1 atom stereocenters. The van der Waals surface area contributed by atoms with Gasteiger partial charge < -0.3 is 10.2 Å². The molecule has 0 spiro atoms. The summed E-state index contributed by atoms with van der Waals surface area (Å²) in [5.41, 5.74) is 0. The van der Waals surface area contributed by atoms with Crippen molar-refractivity contribution in [1.82, 2.24) is 10.2 Å². The van der Waals surface area contributed by atoms with Crippen molar-refractivity contribution < 1.29 is 4.79 Å². The zero-order valence-electron chi connectivity index (χ0n) is 10.1. The van der Waals surface area contributed by atoms with Crippen LogP contribution >= 0.6 is 0 Å². The maximum absolute atomic E-state index is 10.5. The quantitative estimate of drug-likeness (QED) is 0.707. The van der Waals surface area contributed by atoms with E-state index < -0.39 is 0 Å². The van der Waals surface area contributed by atoms with Gasteiger partial charge in [-0.1, -0.05) is 13.8 Å². The molecule has 0 aromatic rings. The fraction of sp³-hybridized carbons (Fsp3) is 0.833. The predicted molar refractivity (Wildman–Crippen MR) is 62.6 cm³/mol. The predicted octanol–water partition coefficient (Wildman–Crippen LogP) is 0.993. The van der Waals surface area contributed by atoms with Gasteiger partial charge in [0.1, 0.15) is 0 Å². The van der Waals surface area contributed by atoms with E-state index in [0.717, 1.165) is 38.9 Å². The van der Waals surface area contributed by atoms with Gasteiger partial charge in [-0.2, -0.15) is 5.26 Å². The van der Waals surface area contributed by atoms with Crippen LogP contribution in [-0.2, 0) is 4.79 Å². The van der Waals surface area contributed by atoms with Crippen LogP contribution in [0.25, 0.3) is 0 Å². The van der Waals surface area contributed by atoms with Crippen LogP contribution in [-0.4, -0.2) is 37.0 Å². The highest BCUT2D eigenvalue weighted by Gasteiger charge is 2.22. The molecule has 1 rings (SSSR count). The van der Waals surface area contributed by atoms with E-state index in [2.05, 4.69) is 30.1 Å². The molecule has 1 N–H and O–H groups in total. The standard InChI is InChI=1S/C12H21N3O/c1-10(2)12(14-9-16)8-15-5-3-11(7-13)4-6-15/h9-12H,3-6,8H2,1-2H3,(H,14,16)/t12-/m1/s1. The second-order valence-electron chi connectivity index (χ2n) is 4.84. The molecule has 1 fully saturated rings. The minimum Gasteiger partial charge on any atom is -0.354 e. The number of nitrogens with one attached hydrogen (secondary N) is 1. The van der Waals surface area contributed by atoms with Crippen LogP contribution < -0.4 is 5.32 Å². The Balaban J connectivity index is 2.36. The van der Waals surface area contributed by atoms with Crippen molar-refractivity contribution in [3.63, 3.8) is 0 Å². The van der Waals surface area contributed by atoms with Crippen molar-refractivity contribution in [2.75, 3.05) is 19.6 Å². The Morgan fingerprint density at radius 2 is 2.12 bits per heavy atom. The molecule has 1 saturated heterocycles.